The van der Waals surface area contributed by atoms with Gasteiger partial charge < -0.3 is 9.84 Å². The van der Waals surface area contributed by atoms with Crippen molar-refractivity contribution in [2.75, 3.05) is 13.7 Å². The van der Waals surface area contributed by atoms with Gasteiger partial charge in [-0.15, -0.1) is 0 Å². The van der Waals surface area contributed by atoms with E-state index in [2.05, 4.69) is 4.90 Å². The zero-order valence-corrected chi connectivity index (χ0v) is 11.3. The smallest absolute Gasteiger partial charge is 0.307 e. The van der Waals surface area contributed by atoms with Gasteiger partial charge >= 0.3 is 5.97 Å². The first-order valence-electron chi connectivity index (χ1n) is 6.78. The molecule has 0 aliphatic carbocycles. The van der Waals surface area contributed by atoms with Gasteiger partial charge in [0.2, 0.25) is 0 Å². The van der Waals surface area contributed by atoms with Crippen LogP contribution in [0.3, 0.4) is 0 Å². The number of likely N-dealkylation sites (tertiary alicyclic amines) is 1. The zero-order chi connectivity index (χ0) is 13.7. The lowest BCUT2D eigenvalue weighted by atomic mass is 9.98. The van der Waals surface area contributed by atoms with Gasteiger partial charge in [-0.1, -0.05) is 18.6 Å². The number of rotatable bonds is 4. The Kier molecular flexibility index (Phi) is 4.80. The summed E-state index contributed by atoms with van der Waals surface area (Å²) in [6.07, 6.45) is 3.82. The molecule has 0 bridgehead atoms. The molecule has 104 valence electrons. The highest BCUT2D eigenvalue weighted by Gasteiger charge is 2.25. The molecule has 1 N–H and O–H groups in total. The van der Waals surface area contributed by atoms with Crippen molar-refractivity contribution in [2.45, 2.75) is 38.3 Å². The third-order valence-electron chi connectivity index (χ3n) is 3.68. The summed E-state index contributed by atoms with van der Waals surface area (Å²) in [5.74, 6) is 0.145. The number of benzene rings is 1. The van der Waals surface area contributed by atoms with Gasteiger partial charge in [0, 0.05) is 12.6 Å². The normalized spacial score (nSPS) is 20.2. The topological polar surface area (TPSA) is 49.8 Å². The Labute approximate surface area is 114 Å². The molecule has 0 amide bonds. The lowest BCUT2D eigenvalue weighted by molar-refractivity contribution is -0.142. The van der Waals surface area contributed by atoms with Crippen LogP contribution in [-0.4, -0.2) is 35.7 Å². The number of methoxy groups -OCH3 is 1. The Hall–Kier alpha value is -1.55. The number of aromatic hydroxyl groups is 1. The van der Waals surface area contributed by atoms with Crippen LogP contribution in [0.4, 0.5) is 0 Å². The molecule has 1 aromatic carbocycles. The number of carbonyl (C=O) groups is 1. The number of hydrogen-bond acceptors (Lipinski definition) is 4. The average Bonchev–Trinajstić information content (AvgIpc) is 2.41. The first-order chi connectivity index (χ1) is 9.19. The number of carbonyl (C=O) groups excluding carboxylic acids is 1. The van der Waals surface area contributed by atoms with Crippen LogP contribution in [0.25, 0.3) is 0 Å². The number of ether oxygens (including phenoxy) is 1. The molecule has 1 fully saturated rings. The molecule has 1 saturated heterocycles. The van der Waals surface area contributed by atoms with E-state index in [1.54, 1.807) is 12.1 Å². The summed E-state index contributed by atoms with van der Waals surface area (Å²) >= 11 is 0. The molecular formula is C15H21NO3. The molecule has 2 rings (SSSR count). The summed E-state index contributed by atoms with van der Waals surface area (Å²) in [5, 5.41) is 9.50. The van der Waals surface area contributed by atoms with Crippen molar-refractivity contribution < 1.29 is 14.6 Å². The number of phenolic OH excluding ortho intramolecular Hbond substituents is 1. The van der Waals surface area contributed by atoms with Gasteiger partial charge in [0.15, 0.2) is 0 Å². The van der Waals surface area contributed by atoms with E-state index in [1.807, 2.05) is 12.1 Å². The van der Waals surface area contributed by atoms with E-state index in [0.717, 1.165) is 37.9 Å². The molecule has 1 aliphatic heterocycles. The summed E-state index contributed by atoms with van der Waals surface area (Å²) in [7, 11) is 1.44. The highest BCUT2D eigenvalue weighted by Crippen LogP contribution is 2.23. The molecule has 1 unspecified atom stereocenters. The van der Waals surface area contributed by atoms with Crippen LogP contribution in [-0.2, 0) is 16.1 Å². The standard InChI is InChI=1S/C15H21NO3/c1-19-15(18)10-13-6-2-3-8-16(13)11-12-5-4-7-14(17)9-12/h4-5,7,9,13,17H,2-3,6,8,10-11H2,1H3. The van der Waals surface area contributed by atoms with Crippen LogP contribution in [0.15, 0.2) is 24.3 Å². The summed E-state index contributed by atoms with van der Waals surface area (Å²) in [4.78, 5) is 13.8. The van der Waals surface area contributed by atoms with Gasteiger partial charge in [0.25, 0.3) is 0 Å². The molecule has 4 nitrogen and oxygen atoms in total. The number of piperidine rings is 1. The van der Waals surface area contributed by atoms with E-state index < -0.39 is 0 Å². The minimum absolute atomic E-state index is 0.146. The quantitative estimate of drug-likeness (QED) is 0.847. The average molecular weight is 263 g/mol. The number of hydrogen-bond donors (Lipinski definition) is 1. The van der Waals surface area contributed by atoms with Crippen molar-refractivity contribution in [2.24, 2.45) is 0 Å². The van der Waals surface area contributed by atoms with Crippen LogP contribution in [0.1, 0.15) is 31.2 Å². The molecule has 0 spiro atoms. The van der Waals surface area contributed by atoms with Gasteiger partial charge in [-0.2, -0.15) is 0 Å². The maximum Gasteiger partial charge on any atom is 0.307 e. The first-order valence-corrected chi connectivity index (χ1v) is 6.78. The van der Waals surface area contributed by atoms with Gasteiger partial charge in [0.05, 0.1) is 13.5 Å². The minimum Gasteiger partial charge on any atom is -0.508 e. The zero-order valence-electron chi connectivity index (χ0n) is 11.3. The van der Waals surface area contributed by atoms with Gasteiger partial charge in [-0.25, -0.2) is 0 Å². The molecule has 0 radical (unpaired) electrons. The Morgan fingerprint density at radius 2 is 2.32 bits per heavy atom. The third-order valence-corrected chi connectivity index (χ3v) is 3.68. The second kappa shape index (κ2) is 6.57. The SMILES string of the molecule is COC(=O)CC1CCCCN1Cc1cccc(O)c1. The molecule has 1 aromatic rings. The predicted molar refractivity (Wildman–Crippen MR) is 72.8 cm³/mol. The second-order valence-electron chi connectivity index (χ2n) is 5.07. The van der Waals surface area contributed by atoms with Crippen molar-refractivity contribution in [3.05, 3.63) is 29.8 Å². The molecule has 1 heterocycles. The largest absolute Gasteiger partial charge is 0.508 e. The number of esters is 1. The summed E-state index contributed by atoms with van der Waals surface area (Å²) in [6, 6.07) is 7.56. The Bertz CT molecular complexity index is 433. The van der Waals surface area contributed by atoms with E-state index in [4.69, 9.17) is 4.74 Å². The summed E-state index contributed by atoms with van der Waals surface area (Å²) in [5.41, 5.74) is 1.08. The van der Waals surface area contributed by atoms with Crippen LogP contribution in [0.5, 0.6) is 5.75 Å². The van der Waals surface area contributed by atoms with Crippen molar-refractivity contribution in [1.82, 2.24) is 4.90 Å². The molecule has 0 aromatic heterocycles. The van der Waals surface area contributed by atoms with Crippen molar-refractivity contribution in [1.29, 1.82) is 0 Å². The van der Waals surface area contributed by atoms with Crippen LogP contribution < -0.4 is 0 Å². The van der Waals surface area contributed by atoms with Gasteiger partial charge in [-0.05, 0) is 37.1 Å². The molecule has 4 heteroatoms. The maximum atomic E-state index is 11.4. The lowest BCUT2D eigenvalue weighted by Crippen LogP contribution is -2.40. The number of nitrogens with zero attached hydrogens (tertiary/aromatic N) is 1. The fourth-order valence-electron chi connectivity index (χ4n) is 2.66. The molecule has 1 aliphatic rings. The Balaban J connectivity index is 2.01. The highest BCUT2D eigenvalue weighted by molar-refractivity contribution is 5.69. The van der Waals surface area contributed by atoms with E-state index >= 15 is 0 Å². The van der Waals surface area contributed by atoms with Gasteiger partial charge in [0.1, 0.15) is 5.75 Å². The fourth-order valence-corrected chi connectivity index (χ4v) is 2.66. The summed E-state index contributed by atoms with van der Waals surface area (Å²) < 4.78 is 4.77. The fraction of sp³-hybridized carbons (Fsp3) is 0.533. The van der Waals surface area contributed by atoms with Crippen LogP contribution >= 0.6 is 0 Å². The highest BCUT2D eigenvalue weighted by atomic mass is 16.5. The lowest BCUT2D eigenvalue weighted by Gasteiger charge is -2.35. The number of phenols is 1. The Morgan fingerprint density at radius 1 is 1.47 bits per heavy atom. The molecule has 1 atom stereocenters. The Morgan fingerprint density at radius 3 is 3.05 bits per heavy atom. The summed E-state index contributed by atoms with van der Waals surface area (Å²) in [6.45, 7) is 1.77. The maximum absolute atomic E-state index is 11.4. The predicted octanol–water partition coefficient (Wildman–Crippen LogP) is 2.31. The van der Waals surface area contributed by atoms with E-state index in [-0.39, 0.29) is 12.0 Å². The van der Waals surface area contributed by atoms with Crippen molar-refractivity contribution in [3.63, 3.8) is 0 Å². The van der Waals surface area contributed by atoms with Crippen LogP contribution in [0, 0.1) is 0 Å². The van der Waals surface area contributed by atoms with Crippen molar-refractivity contribution >= 4 is 5.97 Å². The van der Waals surface area contributed by atoms with Crippen LogP contribution in [0.2, 0.25) is 0 Å². The monoisotopic (exact) mass is 263 g/mol. The van der Waals surface area contributed by atoms with E-state index in [9.17, 15) is 9.90 Å². The second-order valence-corrected chi connectivity index (χ2v) is 5.07. The first kappa shape index (κ1) is 13.9. The molecular weight excluding hydrogens is 242 g/mol. The molecule has 19 heavy (non-hydrogen) atoms. The van der Waals surface area contributed by atoms with E-state index in [1.165, 1.54) is 7.11 Å². The molecule has 0 saturated carbocycles. The minimum atomic E-state index is -0.146. The van der Waals surface area contributed by atoms with Crippen molar-refractivity contribution in [3.8, 4) is 5.75 Å². The van der Waals surface area contributed by atoms with E-state index in [0.29, 0.717) is 12.2 Å². The third kappa shape index (κ3) is 3.96. The van der Waals surface area contributed by atoms with Gasteiger partial charge in [-0.3, -0.25) is 9.69 Å².